The molecule has 1 aromatic carbocycles. The SMILES string of the molecule is CNc1cc(N2CCc3c(-c4ncc(CN5CC6(CCNCC6(F)F)C5)cc4F)cccc32)nn2c(C(=O)N[C@@H]3CC[C@H]3F)cnc12.O=C(O)C(F)(F)F. The molecule has 3 fully saturated rings. The van der Waals surface area contributed by atoms with Gasteiger partial charge in [0.1, 0.15) is 17.7 Å². The smallest absolute Gasteiger partial charge is 0.475 e. The summed E-state index contributed by atoms with van der Waals surface area (Å²) in [4.78, 5) is 34.8. The summed E-state index contributed by atoms with van der Waals surface area (Å²) in [7, 11) is 1.76. The lowest BCUT2D eigenvalue weighted by molar-refractivity contribution is -0.205. The average molecular weight is 764 g/mol. The minimum atomic E-state index is -5.08. The van der Waals surface area contributed by atoms with Gasteiger partial charge >= 0.3 is 12.1 Å². The summed E-state index contributed by atoms with van der Waals surface area (Å²) in [6, 6.07) is 8.43. The normalized spacial score (nSPS) is 21.4. The Morgan fingerprint density at radius 2 is 1.87 bits per heavy atom. The maximum atomic E-state index is 15.7. The molecule has 0 radical (unpaired) electrons. The molecule has 0 unspecified atom stereocenters. The van der Waals surface area contributed by atoms with Gasteiger partial charge in [0, 0.05) is 56.7 Å². The largest absolute Gasteiger partial charge is 0.490 e. The van der Waals surface area contributed by atoms with Gasteiger partial charge in [-0.2, -0.15) is 13.2 Å². The highest BCUT2D eigenvalue weighted by Crippen LogP contribution is 2.49. The van der Waals surface area contributed by atoms with Crippen LogP contribution in [0.25, 0.3) is 16.9 Å². The maximum Gasteiger partial charge on any atom is 0.490 e. The third kappa shape index (κ3) is 6.78. The fraction of sp³-hybridized carbons (Fsp3) is 0.457. The predicted octanol–water partition coefficient (Wildman–Crippen LogP) is 4.96. The number of nitrogens with zero attached hydrogens (tertiary/aromatic N) is 6. The van der Waals surface area contributed by atoms with Gasteiger partial charge in [-0.25, -0.2) is 31.9 Å². The van der Waals surface area contributed by atoms with E-state index in [1.807, 2.05) is 34.1 Å². The molecule has 3 aliphatic heterocycles. The molecule has 1 spiro atoms. The van der Waals surface area contributed by atoms with Crippen molar-refractivity contribution in [1.29, 1.82) is 0 Å². The predicted molar refractivity (Wildman–Crippen MR) is 182 cm³/mol. The molecule has 19 heteroatoms. The highest BCUT2D eigenvalue weighted by Gasteiger charge is 2.60. The minimum absolute atomic E-state index is 0.204. The highest BCUT2D eigenvalue weighted by atomic mass is 19.4. The van der Waals surface area contributed by atoms with Crippen LogP contribution in [-0.4, -0.2) is 106 Å². The maximum absolute atomic E-state index is 15.7. The van der Waals surface area contributed by atoms with Crippen LogP contribution in [0, 0.1) is 11.2 Å². The van der Waals surface area contributed by atoms with Gasteiger partial charge in [-0.1, -0.05) is 12.1 Å². The number of pyridine rings is 1. The van der Waals surface area contributed by atoms with Gasteiger partial charge < -0.3 is 26.0 Å². The molecule has 288 valence electrons. The first-order valence-corrected chi connectivity index (χ1v) is 17.3. The van der Waals surface area contributed by atoms with Crippen LogP contribution in [0.15, 0.2) is 42.7 Å². The van der Waals surface area contributed by atoms with Crippen LogP contribution in [-0.2, 0) is 17.8 Å². The van der Waals surface area contributed by atoms with E-state index in [4.69, 9.17) is 15.0 Å². The van der Waals surface area contributed by atoms with E-state index in [0.717, 1.165) is 11.3 Å². The minimum Gasteiger partial charge on any atom is -0.475 e. The number of piperidine rings is 1. The fourth-order valence-corrected chi connectivity index (χ4v) is 7.46. The lowest BCUT2D eigenvalue weighted by Gasteiger charge is -2.56. The van der Waals surface area contributed by atoms with Crippen LogP contribution in [0.1, 0.15) is 40.9 Å². The van der Waals surface area contributed by atoms with E-state index in [1.54, 1.807) is 13.2 Å². The Balaban J connectivity index is 0.000000588. The highest BCUT2D eigenvalue weighted by molar-refractivity contribution is 5.94. The molecule has 8 rings (SSSR count). The molecule has 1 aliphatic carbocycles. The second kappa shape index (κ2) is 14.0. The quantitative estimate of drug-likeness (QED) is 0.191. The number of alkyl halides is 6. The summed E-state index contributed by atoms with van der Waals surface area (Å²) in [5.41, 5.74) is 3.62. The number of carbonyl (C=O) groups excluding carboxylic acids is 1. The Labute approximate surface area is 303 Å². The molecule has 3 aromatic heterocycles. The number of amides is 1. The van der Waals surface area contributed by atoms with Crippen LogP contribution in [0.2, 0.25) is 0 Å². The Morgan fingerprint density at radius 3 is 2.50 bits per heavy atom. The number of fused-ring (bicyclic) bond motifs is 2. The number of aromatic nitrogens is 4. The van der Waals surface area contributed by atoms with Gasteiger partial charge in [-0.3, -0.25) is 14.7 Å². The Hall–Kier alpha value is -5.04. The first-order valence-electron chi connectivity index (χ1n) is 17.3. The first-order chi connectivity index (χ1) is 25.6. The topological polar surface area (TPSA) is 140 Å². The van der Waals surface area contributed by atoms with E-state index >= 15 is 4.39 Å². The number of anilines is 3. The summed E-state index contributed by atoms with van der Waals surface area (Å²) in [5, 5.41) is 20.6. The number of nitrogens with one attached hydrogen (secondary N) is 3. The van der Waals surface area contributed by atoms with Crippen molar-refractivity contribution in [2.24, 2.45) is 5.41 Å². The van der Waals surface area contributed by atoms with Crippen molar-refractivity contribution in [2.75, 3.05) is 50.0 Å². The van der Waals surface area contributed by atoms with E-state index in [1.165, 1.54) is 16.8 Å². The zero-order chi connectivity index (χ0) is 38.6. The first kappa shape index (κ1) is 37.3. The number of aliphatic carboxylic acids is 1. The van der Waals surface area contributed by atoms with Gasteiger partial charge in [0.05, 0.1) is 29.9 Å². The van der Waals surface area contributed by atoms with Crippen molar-refractivity contribution >= 4 is 34.7 Å². The lowest BCUT2D eigenvalue weighted by Crippen LogP contribution is -2.69. The number of carboxylic acid groups (broad SMARTS) is 1. The summed E-state index contributed by atoms with van der Waals surface area (Å²) in [5.74, 6) is -5.86. The number of carboxylic acids is 1. The lowest BCUT2D eigenvalue weighted by atomic mass is 9.69. The van der Waals surface area contributed by atoms with Crippen molar-refractivity contribution in [2.45, 2.75) is 56.5 Å². The molecule has 4 N–H and O–H groups in total. The van der Waals surface area contributed by atoms with Gasteiger partial charge in [-0.05, 0) is 55.5 Å². The Kier molecular flexibility index (Phi) is 9.66. The van der Waals surface area contributed by atoms with Gasteiger partial charge in [0.2, 0.25) is 0 Å². The molecule has 54 heavy (non-hydrogen) atoms. The molecule has 4 aromatic rings. The molecule has 4 aliphatic rings. The van der Waals surface area contributed by atoms with E-state index < -0.39 is 47.4 Å². The van der Waals surface area contributed by atoms with Gasteiger partial charge in [0.25, 0.3) is 11.8 Å². The Morgan fingerprint density at radius 1 is 1.11 bits per heavy atom. The number of likely N-dealkylation sites (tertiary alicyclic amines) is 1. The summed E-state index contributed by atoms with van der Waals surface area (Å²) >= 11 is 0. The van der Waals surface area contributed by atoms with Crippen LogP contribution < -0.4 is 20.9 Å². The van der Waals surface area contributed by atoms with Crippen molar-refractivity contribution in [1.82, 2.24) is 35.1 Å². The number of rotatable bonds is 7. The third-order valence-corrected chi connectivity index (χ3v) is 10.5. The van der Waals surface area contributed by atoms with Crippen molar-refractivity contribution < 1.29 is 45.4 Å². The molecule has 1 saturated carbocycles. The number of carbonyl (C=O) groups is 2. The van der Waals surface area contributed by atoms with E-state index in [9.17, 15) is 31.1 Å². The average Bonchev–Trinajstić information content (AvgIpc) is 3.74. The fourth-order valence-electron chi connectivity index (χ4n) is 7.46. The summed E-state index contributed by atoms with van der Waals surface area (Å²) in [6.07, 6.45) is -1.00. The molecule has 6 heterocycles. The van der Waals surface area contributed by atoms with Crippen molar-refractivity contribution in [3.05, 3.63) is 65.4 Å². The molecule has 2 atom stereocenters. The monoisotopic (exact) mass is 763 g/mol. The number of imidazole rings is 1. The number of benzene rings is 1. The van der Waals surface area contributed by atoms with Crippen LogP contribution >= 0.6 is 0 Å². The third-order valence-electron chi connectivity index (χ3n) is 10.5. The molecule has 0 bridgehead atoms. The van der Waals surface area contributed by atoms with Crippen LogP contribution in [0.3, 0.4) is 0 Å². The zero-order valence-electron chi connectivity index (χ0n) is 28.9. The van der Waals surface area contributed by atoms with Crippen molar-refractivity contribution in [3.63, 3.8) is 0 Å². The molecule has 12 nitrogen and oxygen atoms in total. The summed E-state index contributed by atoms with van der Waals surface area (Å²) < 4.78 is 91.9. The van der Waals surface area contributed by atoms with Gasteiger partial charge in [-0.15, -0.1) is 5.10 Å². The molecular formula is C35H36F7N9O3. The molecule has 1 amide bonds. The molecule has 2 saturated heterocycles. The second-order valence-corrected chi connectivity index (χ2v) is 14.0. The van der Waals surface area contributed by atoms with E-state index in [2.05, 4.69) is 25.9 Å². The standard InChI is InChI=1S/C33H35F4N9O.C2HF3O2/c1-38-25-12-28(43-46-27(14-41-30(25)46)31(47)42-24-6-5-22(24)34)45-10-7-20-21(3-2-4-26(20)45)29-23(35)11-19(13-40-29)15-44-17-32(18-44)8-9-39-16-33(32,36)37;3-2(4,5)1(6)7/h2-4,11-14,22,24,38-39H,5-10,15-18H2,1H3,(H,42,47);(H,6,7)/t22-,24-;/m1./s1. The van der Waals surface area contributed by atoms with Crippen molar-refractivity contribution in [3.8, 4) is 11.3 Å². The number of hydrogen-bond acceptors (Lipinski definition) is 9. The number of halogens is 7. The Bertz CT molecular complexity index is 2090. The molecular weight excluding hydrogens is 727 g/mol. The summed E-state index contributed by atoms with van der Waals surface area (Å²) in [6.45, 7) is 1.78. The second-order valence-electron chi connectivity index (χ2n) is 14.0. The van der Waals surface area contributed by atoms with Crippen LogP contribution in [0.4, 0.5) is 47.9 Å². The number of hydrogen-bond donors (Lipinski definition) is 4. The van der Waals surface area contributed by atoms with E-state index in [0.29, 0.717) is 73.6 Å². The zero-order valence-corrected chi connectivity index (χ0v) is 28.9. The van der Waals surface area contributed by atoms with Crippen LogP contribution in [0.5, 0.6) is 0 Å². The van der Waals surface area contributed by atoms with Gasteiger partial charge in [0.15, 0.2) is 17.2 Å². The van der Waals surface area contributed by atoms with E-state index in [-0.39, 0.29) is 31.0 Å².